The molecule has 8 heteroatoms. The van der Waals surface area contributed by atoms with Crippen molar-refractivity contribution in [1.82, 2.24) is 19.9 Å². The average Bonchev–Trinajstić information content (AvgIpc) is 2.55. The molecule has 0 spiro atoms. The molecule has 0 atom stereocenters. The first-order valence-corrected chi connectivity index (χ1v) is 7.41. The van der Waals surface area contributed by atoms with E-state index in [0.717, 1.165) is 0 Å². The van der Waals surface area contributed by atoms with Gasteiger partial charge in [0.25, 0.3) is 5.88 Å². The summed E-state index contributed by atoms with van der Waals surface area (Å²) in [6.45, 7) is 2.99. The monoisotopic (exact) mass is 320 g/mol. The van der Waals surface area contributed by atoms with Gasteiger partial charge in [0.15, 0.2) is 5.65 Å². The number of carbonyl (C=O) groups excluding carboxylic acids is 1. The van der Waals surface area contributed by atoms with Crippen LogP contribution in [0, 0.1) is 0 Å². The lowest BCUT2D eigenvalue weighted by molar-refractivity contribution is -0.121. The van der Waals surface area contributed by atoms with Crippen LogP contribution in [0.3, 0.4) is 0 Å². The first kappa shape index (κ1) is 16.9. The highest BCUT2D eigenvalue weighted by molar-refractivity contribution is 5.78. The fourth-order valence-electron chi connectivity index (χ4n) is 2.07. The second-order valence-electron chi connectivity index (χ2n) is 4.78. The number of hydrogen-bond donors (Lipinski definition) is 1. The maximum atomic E-state index is 12.4. The van der Waals surface area contributed by atoms with Gasteiger partial charge in [-0.25, -0.2) is 9.97 Å². The first-order valence-electron chi connectivity index (χ1n) is 7.41. The Morgan fingerprint density at radius 2 is 2.26 bits per heavy atom. The van der Waals surface area contributed by atoms with Gasteiger partial charge in [-0.1, -0.05) is 0 Å². The van der Waals surface area contributed by atoms with E-state index in [4.69, 9.17) is 9.47 Å². The summed E-state index contributed by atoms with van der Waals surface area (Å²) in [4.78, 5) is 32.8. The van der Waals surface area contributed by atoms with Gasteiger partial charge in [-0.3, -0.25) is 14.2 Å². The Hall–Kier alpha value is -2.48. The van der Waals surface area contributed by atoms with Crippen molar-refractivity contribution < 1.29 is 14.3 Å². The van der Waals surface area contributed by atoms with E-state index in [0.29, 0.717) is 37.3 Å². The normalized spacial score (nSPS) is 10.7. The van der Waals surface area contributed by atoms with Gasteiger partial charge >= 0.3 is 5.56 Å². The number of aromatic nitrogens is 3. The van der Waals surface area contributed by atoms with Crippen LogP contribution in [0.25, 0.3) is 11.2 Å². The van der Waals surface area contributed by atoms with E-state index >= 15 is 0 Å². The number of nitrogens with zero attached hydrogens (tertiary/aromatic N) is 3. The van der Waals surface area contributed by atoms with Crippen molar-refractivity contribution in [3.05, 3.63) is 28.7 Å². The fraction of sp³-hybridized carbons (Fsp3) is 0.467. The molecule has 0 aliphatic heterocycles. The molecule has 0 aliphatic rings. The van der Waals surface area contributed by atoms with Crippen molar-refractivity contribution in [2.75, 3.05) is 26.9 Å². The van der Waals surface area contributed by atoms with Gasteiger partial charge in [-0.15, -0.1) is 0 Å². The van der Waals surface area contributed by atoms with E-state index < -0.39 is 5.56 Å². The van der Waals surface area contributed by atoms with Crippen molar-refractivity contribution in [3.63, 3.8) is 0 Å². The quantitative estimate of drug-likeness (QED) is 0.705. The summed E-state index contributed by atoms with van der Waals surface area (Å²) in [5, 5.41) is 2.74. The molecule has 0 fully saturated rings. The van der Waals surface area contributed by atoms with Crippen LogP contribution in [0.15, 0.2) is 23.1 Å². The molecule has 1 N–H and O–H groups in total. The number of rotatable bonds is 8. The van der Waals surface area contributed by atoms with Crippen LogP contribution in [0.2, 0.25) is 0 Å². The average molecular weight is 320 g/mol. The van der Waals surface area contributed by atoms with Gasteiger partial charge in [-0.05, 0) is 25.5 Å². The SMILES string of the molecule is CCOc1nc2cccnc2n(CC(=O)NCCCOC)c1=O. The predicted octanol–water partition coefficient (Wildman–Crippen LogP) is 0.343. The molecule has 0 bridgehead atoms. The van der Waals surface area contributed by atoms with Crippen molar-refractivity contribution >= 4 is 17.1 Å². The zero-order valence-corrected chi connectivity index (χ0v) is 13.2. The summed E-state index contributed by atoms with van der Waals surface area (Å²) in [6, 6.07) is 3.43. The summed E-state index contributed by atoms with van der Waals surface area (Å²) >= 11 is 0. The van der Waals surface area contributed by atoms with E-state index in [2.05, 4.69) is 15.3 Å². The molecule has 2 heterocycles. The van der Waals surface area contributed by atoms with E-state index in [1.807, 2.05) is 0 Å². The van der Waals surface area contributed by atoms with E-state index in [-0.39, 0.29) is 18.3 Å². The molecule has 2 rings (SSSR count). The number of carbonyl (C=O) groups is 1. The number of nitrogens with one attached hydrogen (secondary N) is 1. The van der Waals surface area contributed by atoms with Crippen molar-refractivity contribution in [3.8, 4) is 5.88 Å². The number of ether oxygens (including phenoxy) is 2. The number of methoxy groups -OCH3 is 1. The highest BCUT2D eigenvalue weighted by atomic mass is 16.5. The summed E-state index contributed by atoms with van der Waals surface area (Å²) < 4.78 is 11.5. The zero-order valence-electron chi connectivity index (χ0n) is 13.2. The molecule has 0 saturated heterocycles. The molecular formula is C15H20N4O4. The summed E-state index contributed by atoms with van der Waals surface area (Å²) in [5.74, 6) is -0.302. The highest BCUT2D eigenvalue weighted by Crippen LogP contribution is 2.10. The van der Waals surface area contributed by atoms with Crippen LogP contribution in [0.4, 0.5) is 0 Å². The van der Waals surface area contributed by atoms with E-state index in [9.17, 15) is 9.59 Å². The molecule has 0 unspecified atom stereocenters. The predicted molar refractivity (Wildman–Crippen MR) is 84.5 cm³/mol. The maximum Gasteiger partial charge on any atom is 0.315 e. The molecule has 23 heavy (non-hydrogen) atoms. The second-order valence-corrected chi connectivity index (χ2v) is 4.78. The minimum atomic E-state index is -0.468. The lowest BCUT2D eigenvalue weighted by Gasteiger charge is -2.11. The number of hydrogen-bond acceptors (Lipinski definition) is 6. The molecule has 124 valence electrons. The lowest BCUT2D eigenvalue weighted by atomic mass is 10.4. The minimum Gasteiger partial charge on any atom is -0.474 e. The molecule has 0 saturated carbocycles. The third-order valence-electron chi connectivity index (χ3n) is 3.10. The standard InChI is InChI=1S/C15H20N4O4/c1-3-23-14-15(21)19(10-12(20)16-8-5-9-22-2)13-11(18-14)6-4-7-17-13/h4,6-7H,3,5,8-10H2,1-2H3,(H,16,20). The lowest BCUT2D eigenvalue weighted by Crippen LogP contribution is -2.34. The fourth-order valence-corrected chi connectivity index (χ4v) is 2.07. The summed E-state index contributed by atoms with van der Waals surface area (Å²) in [5.41, 5.74) is 0.390. The molecule has 2 aromatic rings. The van der Waals surface area contributed by atoms with Gasteiger partial charge in [0, 0.05) is 26.5 Å². The minimum absolute atomic E-state index is 0.0276. The van der Waals surface area contributed by atoms with E-state index in [1.165, 1.54) is 4.57 Å². The smallest absolute Gasteiger partial charge is 0.315 e. The van der Waals surface area contributed by atoms with Gasteiger partial charge in [0.2, 0.25) is 5.91 Å². The second kappa shape index (κ2) is 8.23. The summed E-state index contributed by atoms with van der Waals surface area (Å²) in [7, 11) is 1.60. The molecule has 0 aromatic carbocycles. The molecular weight excluding hydrogens is 300 g/mol. The van der Waals surface area contributed by atoms with Crippen molar-refractivity contribution in [1.29, 1.82) is 0 Å². The topological polar surface area (TPSA) is 95.3 Å². The Morgan fingerprint density at radius 1 is 1.43 bits per heavy atom. The third kappa shape index (κ3) is 4.26. The van der Waals surface area contributed by atoms with Crippen molar-refractivity contribution in [2.45, 2.75) is 19.9 Å². The van der Waals surface area contributed by atoms with E-state index in [1.54, 1.807) is 32.4 Å². The van der Waals surface area contributed by atoms with Crippen LogP contribution in [0.1, 0.15) is 13.3 Å². The molecule has 0 radical (unpaired) electrons. The van der Waals surface area contributed by atoms with Gasteiger partial charge < -0.3 is 14.8 Å². The maximum absolute atomic E-state index is 12.4. The number of pyridine rings is 1. The van der Waals surface area contributed by atoms with Crippen LogP contribution in [0.5, 0.6) is 5.88 Å². The Kier molecular flexibility index (Phi) is 6.04. The zero-order chi connectivity index (χ0) is 16.7. The largest absolute Gasteiger partial charge is 0.474 e. The number of fused-ring (bicyclic) bond motifs is 1. The Labute approximate surface area is 133 Å². The highest BCUT2D eigenvalue weighted by Gasteiger charge is 2.15. The van der Waals surface area contributed by atoms with Gasteiger partial charge in [0.1, 0.15) is 12.1 Å². The van der Waals surface area contributed by atoms with Crippen LogP contribution >= 0.6 is 0 Å². The van der Waals surface area contributed by atoms with Crippen molar-refractivity contribution in [2.24, 2.45) is 0 Å². The molecule has 0 aliphatic carbocycles. The first-order chi connectivity index (χ1) is 11.2. The summed E-state index contributed by atoms with van der Waals surface area (Å²) in [6.07, 6.45) is 2.26. The van der Waals surface area contributed by atoms with Crippen LogP contribution < -0.4 is 15.6 Å². The Bertz CT molecular complexity index is 729. The third-order valence-corrected chi connectivity index (χ3v) is 3.10. The molecule has 1 amide bonds. The van der Waals surface area contributed by atoms with Crippen LogP contribution in [-0.2, 0) is 16.1 Å². The van der Waals surface area contributed by atoms with Crippen LogP contribution in [-0.4, -0.2) is 47.3 Å². The Balaban J connectivity index is 2.25. The number of amides is 1. The molecule has 2 aromatic heterocycles. The Morgan fingerprint density at radius 3 is 3.00 bits per heavy atom. The molecule has 8 nitrogen and oxygen atoms in total. The van der Waals surface area contributed by atoms with Gasteiger partial charge in [-0.2, -0.15) is 0 Å². The van der Waals surface area contributed by atoms with Gasteiger partial charge in [0.05, 0.1) is 6.61 Å².